The maximum atomic E-state index is 10.9. The lowest BCUT2D eigenvalue weighted by Gasteiger charge is -2.00. The van der Waals surface area contributed by atoms with Gasteiger partial charge in [0.25, 0.3) is 5.69 Å². The fraction of sp³-hybridized carbons (Fsp3) is 0.111. The molecule has 0 fully saturated rings. The largest absolute Gasteiger partial charge is 0.475 e. The van der Waals surface area contributed by atoms with Crippen molar-refractivity contribution in [3.05, 3.63) is 38.3 Å². The maximum absolute atomic E-state index is 10.9. The van der Waals surface area contributed by atoms with E-state index >= 15 is 0 Å². The van der Waals surface area contributed by atoms with Gasteiger partial charge in [-0.25, -0.2) is 4.79 Å². The molecule has 0 amide bonds. The van der Waals surface area contributed by atoms with Crippen molar-refractivity contribution in [3.63, 3.8) is 0 Å². The van der Waals surface area contributed by atoms with E-state index in [1.165, 1.54) is 18.2 Å². The number of ketones is 1. The van der Waals surface area contributed by atoms with Gasteiger partial charge in [0.2, 0.25) is 5.78 Å². The number of carboxylic acids is 1. The van der Waals surface area contributed by atoms with Crippen LogP contribution in [0.15, 0.2) is 22.7 Å². The zero-order valence-corrected chi connectivity index (χ0v) is 9.43. The number of hydrogen-bond acceptors (Lipinski definition) is 4. The second kappa shape index (κ2) is 4.84. The number of benzene rings is 1. The van der Waals surface area contributed by atoms with E-state index in [1.54, 1.807) is 0 Å². The number of halogens is 1. The van der Waals surface area contributed by atoms with Gasteiger partial charge in [-0.1, -0.05) is 22.0 Å². The van der Waals surface area contributed by atoms with E-state index in [2.05, 4.69) is 15.9 Å². The SMILES string of the molecule is O=C(O)C(=O)Cc1ccc(Br)cc1[N+](=O)[O-]. The van der Waals surface area contributed by atoms with Gasteiger partial charge < -0.3 is 5.11 Å². The molecule has 7 heteroatoms. The Morgan fingerprint density at radius 1 is 1.44 bits per heavy atom. The van der Waals surface area contributed by atoms with Gasteiger partial charge in [-0.15, -0.1) is 0 Å². The number of nitro groups is 1. The summed E-state index contributed by atoms with van der Waals surface area (Å²) in [5, 5.41) is 19.1. The second-order valence-corrected chi connectivity index (χ2v) is 3.85. The number of carbonyl (C=O) groups excluding carboxylic acids is 1. The summed E-state index contributed by atoms with van der Waals surface area (Å²) >= 11 is 3.05. The van der Waals surface area contributed by atoms with E-state index in [0.717, 1.165) is 0 Å². The molecule has 84 valence electrons. The molecule has 0 saturated carbocycles. The van der Waals surface area contributed by atoms with Crippen molar-refractivity contribution in [1.29, 1.82) is 0 Å². The minimum atomic E-state index is -1.60. The smallest absolute Gasteiger partial charge is 0.372 e. The van der Waals surface area contributed by atoms with Gasteiger partial charge in [0, 0.05) is 22.5 Å². The predicted octanol–water partition coefficient (Wildman–Crippen LogP) is 1.55. The van der Waals surface area contributed by atoms with E-state index in [-0.39, 0.29) is 11.3 Å². The van der Waals surface area contributed by atoms with Crippen LogP contribution >= 0.6 is 15.9 Å². The summed E-state index contributed by atoms with van der Waals surface area (Å²) in [6, 6.07) is 4.09. The first-order valence-electron chi connectivity index (χ1n) is 4.10. The fourth-order valence-corrected chi connectivity index (χ4v) is 1.45. The molecule has 0 aromatic heterocycles. The Bertz CT molecular complexity index is 471. The quantitative estimate of drug-likeness (QED) is 0.515. The van der Waals surface area contributed by atoms with Crippen LogP contribution in [0.1, 0.15) is 5.56 Å². The highest BCUT2D eigenvalue weighted by atomic mass is 79.9. The Kier molecular flexibility index (Phi) is 3.73. The third-order valence-corrected chi connectivity index (χ3v) is 2.33. The van der Waals surface area contributed by atoms with Gasteiger partial charge in [-0.3, -0.25) is 14.9 Å². The lowest BCUT2D eigenvalue weighted by molar-refractivity contribution is -0.385. The van der Waals surface area contributed by atoms with Crippen molar-refractivity contribution in [2.24, 2.45) is 0 Å². The topological polar surface area (TPSA) is 97.5 Å². The number of Topliss-reactive ketones (excluding diaryl/α,β-unsaturated/α-hetero) is 1. The molecule has 0 spiro atoms. The number of rotatable bonds is 4. The van der Waals surface area contributed by atoms with Crippen LogP contribution in [0.4, 0.5) is 5.69 Å². The number of carboxylic acid groups (broad SMARTS) is 1. The number of carbonyl (C=O) groups is 2. The van der Waals surface area contributed by atoms with E-state index in [0.29, 0.717) is 4.47 Å². The molecule has 1 aromatic carbocycles. The van der Waals surface area contributed by atoms with Crippen LogP contribution in [-0.4, -0.2) is 21.8 Å². The van der Waals surface area contributed by atoms with Crippen LogP contribution in [0.25, 0.3) is 0 Å². The van der Waals surface area contributed by atoms with Gasteiger partial charge >= 0.3 is 5.97 Å². The molecule has 6 nitrogen and oxygen atoms in total. The molecular formula is C9H6BrNO5. The van der Waals surface area contributed by atoms with Crippen molar-refractivity contribution < 1.29 is 19.6 Å². The summed E-state index contributed by atoms with van der Waals surface area (Å²) in [6.45, 7) is 0. The highest BCUT2D eigenvalue weighted by Gasteiger charge is 2.20. The average molecular weight is 288 g/mol. The van der Waals surface area contributed by atoms with Crippen LogP contribution in [-0.2, 0) is 16.0 Å². The standard InChI is InChI=1S/C9H6BrNO5/c10-6-2-1-5(3-8(12)9(13)14)7(4-6)11(15)16/h1-2,4H,3H2,(H,13,14). The summed E-state index contributed by atoms with van der Waals surface area (Å²) in [7, 11) is 0. The molecule has 0 aliphatic rings. The zero-order valence-electron chi connectivity index (χ0n) is 7.84. The fourth-order valence-electron chi connectivity index (χ4n) is 1.11. The Labute approximate surface area is 98.2 Å². The molecule has 0 heterocycles. The molecule has 0 bridgehead atoms. The minimum absolute atomic E-state index is 0.0839. The molecule has 0 radical (unpaired) electrons. The molecule has 16 heavy (non-hydrogen) atoms. The van der Waals surface area contributed by atoms with Crippen molar-refractivity contribution in [2.75, 3.05) is 0 Å². The van der Waals surface area contributed by atoms with Crippen LogP contribution in [0.5, 0.6) is 0 Å². The van der Waals surface area contributed by atoms with Gasteiger partial charge in [0.1, 0.15) is 0 Å². The minimum Gasteiger partial charge on any atom is -0.475 e. The molecule has 1 N–H and O–H groups in total. The monoisotopic (exact) mass is 287 g/mol. The third-order valence-electron chi connectivity index (χ3n) is 1.83. The summed E-state index contributed by atoms with van der Waals surface area (Å²) in [6.07, 6.45) is -0.487. The molecule has 0 unspecified atom stereocenters. The highest BCUT2D eigenvalue weighted by molar-refractivity contribution is 9.10. The lowest BCUT2D eigenvalue weighted by Crippen LogP contribution is -2.15. The number of hydrogen-bond donors (Lipinski definition) is 1. The molecule has 0 aliphatic heterocycles. The van der Waals surface area contributed by atoms with Gasteiger partial charge in [0.05, 0.1) is 4.92 Å². The normalized spacial score (nSPS) is 9.81. The number of nitro benzene ring substituents is 1. The van der Waals surface area contributed by atoms with E-state index in [4.69, 9.17) is 5.11 Å². The van der Waals surface area contributed by atoms with Crippen LogP contribution in [0.3, 0.4) is 0 Å². The van der Waals surface area contributed by atoms with E-state index < -0.39 is 23.1 Å². The summed E-state index contributed by atoms with van der Waals surface area (Å²) in [5.41, 5.74) is -0.190. The second-order valence-electron chi connectivity index (χ2n) is 2.94. The van der Waals surface area contributed by atoms with E-state index in [1.807, 2.05) is 0 Å². The third kappa shape index (κ3) is 2.86. The van der Waals surface area contributed by atoms with Crippen LogP contribution in [0, 0.1) is 10.1 Å². The van der Waals surface area contributed by atoms with Gasteiger partial charge in [-0.05, 0) is 6.07 Å². The first-order chi connectivity index (χ1) is 7.41. The maximum Gasteiger partial charge on any atom is 0.372 e. The summed E-state index contributed by atoms with van der Waals surface area (Å²) in [5.74, 6) is -2.68. The number of nitrogens with zero attached hydrogens (tertiary/aromatic N) is 1. The molecule has 1 aromatic rings. The van der Waals surface area contributed by atoms with E-state index in [9.17, 15) is 19.7 Å². The Morgan fingerprint density at radius 3 is 2.56 bits per heavy atom. The van der Waals surface area contributed by atoms with Crippen LogP contribution in [0.2, 0.25) is 0 Å². The van der Waals surface area contributed by atoms with Crippen molar-refractivity contribution >= 4 is 33.4 Å². The highest BCUT2D eigenvalue weighted by Crippen LogP contribution is 2.24. The summed E-state index contributed by atoms with van der Waals surface area (Å²) < 4.78 is 0.491. The van der Waals surface area contributed by atoms with Crippen LogP contribution < -0.4 is 0 Å². The number of aliphatic carboxylic acids is 1. The van der Waals surface area contributed by atoms with Crippen molar-refractivity contribution in [1.82, 2.24) is 0 Å². The summed E-state index contributed by atoms with van der Waals surface area (Å²) in [4.78, 5) is 31.3. The molecule has 1 rings (SSSR count). The molecule has 0 atom stereocenters. The predicted molar refractivity (Wildman–Crippen MR) is 57.1 cm³/mol. The lowest BCUT2D eigenvalue weighted by atomic mass is 10.1. The molecule has 0 aliphatic carbocycles. The van der Waals surface area contributed by atoms with Gasteiger partial charge in [0.15, 0.2) is 0 Å². The Balaban J connectivity index is 3.09. The van der Waals surface area contributed by atoms with Gasteiger partial charge in [-0.2, -0.15) is 0 Å². The first kappa shape index (κ1) is 12.3. The molecule has 0 saturated heterocycles. The first-order valence-corrected chi connectivity index (χ1v) is 4.90. The zero-order chi connectivity index (χ0) is 12.3. The van der Waals surface area contributed by atoms with Crippen molar-refractivity contribution in [3.8, 4) is 0 Å². The molecular weight excluding hydrogens is 282 g/mol. The Morgan fingerprint density at radius 2 is 2.06 bits per heavy atom. The Hall–Kier alpha value is -1.76. The average Bonchev–Trinajstić information content (AvgIpc) is 2.20. The van der Waals surface area contributed by atoms with Crippen molar-refractivity contribution in [2.45, 2.75) is 6.42 Å².